The van der Waals surface area contributed by atoms with Crippen molar-refractivity contribution in [3.8, 4) is 0 Å². The molecule has 0 aromatic carbocycles. The van der Waals surface area contributed by atoms with Crippen molar-refractivity contribution >= 4 is 10.1 Å². The maximum atomic E-state index is 11.0. The van der Waals surface area contributed by atoms with Crippen molar-refractivity contribution in [1.82, 2.24) is 0 Å². The smallest absolute Gasteiger partial charge is 0.267 e. The van der Waals surface area contributed by atoms with Gasteiger partial charge in [-0.15, -0.1) is 0 Å². The van der Waals surface area contributed by atoms with Crippen LogP contribution >= 0.6 is 0 Å². The fourth-order valence-corrected chi connectivity index (χ4v) is 3.29. The van der Waals surface area contributed by atoms with Gasteiger partial charge in [-0.3, -0.25) is 4.55 Å². The molecule has 0 aliphatic rings. The third kappa shape index (κ3) is 10.6. The van der Waals surface area contributed by atoms with Gasteiger partial charge in [-0.1, -0.05) is 58.8 Å². The maximum absolute atomic E-state index is 11.0. The van der Waals surface area contributed by atoms with Gasteiger partial charge in [0.25, 0.3) is 10.1 Å². The fourth-order valence-electron chi connectivity index (χ4n) is 2.40. The first-order valence-electron chi connectivity index (χ1n) is 8.06. The number of aliphatic hydroxyl groups excluding tert-OH is 1. The fraction of sp³-hybridized carbons (Fsp3) is 1.00. The van der Waals surface area contributed by atoms with E-state index in [1.165, 1.54) is 19.3 Å². The minimum absolute atomic E-state index is 0.138. The molecular formula is C15H32O4S. The molecule has 0 saturated carbocycles. The Morgan fingerprint density at radius 1 is 0.800 bits per heavy atom. The Hall–Kier alpha value is -0.130. The Morgan fingerprint density at radius 3 is 1.65 bits per heavy atom. The molecule has 0 amide bonds. The third-order valence-corrected chi connectivity index (χ3v) is 5.32. The van der Waals surface area contributed by atoms with E-state index in [-0.39, 0.29) is 6.10 Å². The van der Waals surface area contributed by atoms with E-state index in [0.717, 1.165) is 38.5 Å². The van der Waals surface area contributed by atoms with Crippen LogP contribution in [0.25, 0.3) is 0 Å². The van der Waals surface area contributed by atoms with E-state index in [0.29, 0.717) is 12.8 Å². The van der Waals surface area contributed by atoms with Crippen molar-refractivity contribution in [2.24, 2.45) is 0 Å². The number of rotatable bonds is 13. The Morgan fingerprint density at radius 2 is 1.25 bits per heavy atom. The SMILES string of the molecule is CCC(O)CCCCCCCCCC(CC)S(=O)(=O)O. The summed E-state index contributed by atoms with van der Waals surface area (Å²) in [5, 5.41) is 8.82. The van der Waals surface area contributed by atoms with Gasteiger partial charge in [0.05, 0.1) is 11.4 Å². The molecule has 2 N–H and O–H groups in total. The van der Waals surface area contributed by atoms with Crippen molar-refractivity contribution in [2.45, 2.75) is 95.8 Å². The van der Waals surface area contributed by atoms with Crippen LogP contribution in [0.15, 0.2) is 0 Å². The van der Waals surface area contributed by atoms with E-state index in [9.17, 15) is 13.5 Å². The number of aliphatic hydroxyl groups is 1. The Kier molecular flexibility index (Phi) is 11.4. The van der Waals surface area contributed by atoms with Crippen LogP contribution in [0.1, 0.15) is 84.5 Å². The zero-order valence-corrected chi connectivity index (χ0v) is 13.9. The number of hydrogen-bond donors (Lipinski definition) is 2. The van der Waals surface area contributed by atoms with Gasteiger partial charge in [0, 0.05) is 0 Å². The van der Waals surface area contributed by atoms with Gasteiger partial charge in [0.1, 0.15) is 0 Å². The van der Waals surface area contributed by atoms with Crippen LogP contribution in [-0.4, -0.2) is 29.4 Å². The summed E-state index contributed by atoms with van der Waals surface area (Å²) in [4.78, 5) is 0. The molecule has 5 heteroatoms. The predicted molar refractivity (Wildman–Crippen MR) is 83.5 cm³/mol. The molecule has 2 unspecified atom stereocenters. The Bertz CT molecular complexity index is 314. The highest BCUT2D eigenvalue weighted by molar-refractivity contribution is 7.86. The summed E-state index contributed by atoms with van der Waals surface area (Å²) in [5.74, 6) is 0. The van der Waals surface area contributed by atoms with Gasteiger partial charge in [-0.05, 0) is 25.7 Å². The minimum Gasteiger partial charge on any atom is -0.393 e. The lowest BCUT2D eigenvalue weighted by atomic mass is 10.0. The van der Waals surface area contributed by atoms with Gasteiger partial charge >= 0.3 is 0 Å². The lowest BCUT2D eigenvalue weighted by Gasteiger charge is -2.10. The van der Waals surface area contributed by atoms with E-state index in [1.54, 1.807) is 6.92 Å². The molecular weight excluding hydrogens is 276 g/mol. The summed E-state index contributed by atoms with van der Waals surface area (Å²) < 4.78 is 31.0. The zero-order valence-electron chi connectivity index (χ0n) is 13.1. The molecule has 0 aromatic rings. The van der Waals surface area contributed by atoms with E-state index in [1.807, 2.05) is 6.92 Å². The molecule has 20 heavy (non-hydrogen) atoms. The quantitative estimate of drug-likeness (QED) is 0.399. The van der Waals surface area contributed by atoms with Crippen LogP contribution in [0.4, 0.5) is 0 Å². The largest absolute Gasteiger partial charge is 0.393 e. The average molecular weight is 308 g/mol. The van der Waals surface area contributed by atoms with Gasteiger partial charge in [-0.2, -0.15) is 8.42 Å². The topological polar surface area (TPSA) is 74.6 Å². The summed E-state index contributed by atoms with van der Waals surface area (Å²) in [6.45, 7) is 3.80. The van der Waals surface area contributed by atoms with Crippen molar-refractivity contribution < 1.29 is 18.1 Å². The van der Waals surface area contributed by atoms with Crippen LogP contribution in [0, 0.1) is 0 Å². The van der Waals surface area contributed by atoms with Crippen LogP contribution in [-0.2, 0) is 10.1 Å². The lowest BCUT2D eigenvalue weighted by molar-refractivity contribution is 0.156. The maximum Gasteiger partial charge on any atom is 0.267 e. The monoisotopic (exact) mass is 308 g/mol. The van der Waals surface area contributed by atoms with Gasteiger partial charge < -0.3 is 5.11 Å². The standard InChI is InChI=1S/C15H32O4S/c1-3-14(16)12-10-8-6-5-7-9-11-13-15(4-2)20(17,18)19/h14-16H,3-13H2,1-2H3,(H,17,18,19). The number of hydrogen-bond acceptors (Lipinski definition) is 3. The summed E-state index contributed by atoms with van der Waals surface area (Å²) in [6, 6.07) is 0. The highest BCUT2D eigenvalue weighted by Gasteiger charge is 2.19. The van der Waals surface area contributed by atoms with Gasteiger partial charge in [0.15, 0.2) is 0 Å². The summed E-state index contributed by atoms with van der Waals surface area (Å²) in [6.07, 6.45) is 10.3. The zero-order chi connectivity index (χ0) is 15.4. The highest BCUT2D eigenvalue weighted by atomic mass is 32.2. The first-order chi connectivity index (χ1) is 9.41. The molecule has 4 nitrogen and oxygen atoms in total. The average Bonchev–Trinajstić information content (AvgIpc) is 2.39. The molecule has 0 spiro atoms. The highest BCUT2D eigenvalue weighted by Crippen LogP contribution is 2.16. The second-order valence-electron chi connectivity index (χ2n) is 5.66. The minimum atomic E-state index is -3.85. The molecule has 0 aromatic heterocycles. The van der Waals surface area contributed by atoms with E-state index >= 15 is 0 Å². The Labute approximate surface area is 124 Å². The molecule has 0 saturated heterocycles. The third-order valence-electron chi connectivity index (χ3n) is 3.91. The second-order valence-corrected chi connectivity index (χ2v) is 7.36. The first kappa shape index (κ1) is 19.9. The summed E-state index contributed by atoms with van der Waals surface area (Å²) in [5.41, 5.74) is 0. The van der Waals surface area contributed by atoms with Crippen molar-refractivity contribution in [2.75, 3.05) is 0 Å². The second kappa shape index (κ2) is 11.5. The van der Waals surface area contributed by atoms with E-state index < -0.39 is 15.4 Å². The number of unbranched alkanes of at least 4 members (excludes halogenated alkanes) is 6. The van der Waals surface area contributed by atoms with Crippen molar-refractivity contribution in [3.63, 3.8) is 0 Å². The summed E-state index contributed by atoms with van der Waals surface area (Å²) >= 11 is 0. The van der Waals surface area contributed by atoms with Crippen LogP contribution < -0.4 is 0 Å². The van der Waals surface area contributed by atoms with Crippen LogP contribution in [0.5, 0.6) is 0 Å². The molecule has 0 bridgehead atoms. The van der Waals surface area contributed by atoms with E-state index in [4.69, 9.17) is 4.55 Å². The molecule has 0 rings (SSSR count). The van der Waals surface area contributed by atoms with Gasteiger partial charge in [-0.25, -0.2) is 0 Å². The molecule has 2 atom stereocenters. The van der Waals surface area contributed by atoms with Crippen molar-refractivity contribution in [1.29, 1.82) is 0 Å². The normalized spacial score (nSPS) is 15.2. The molecule has 0 heterocycles. The van der Waals surface area contributed by atoms with Crippen LogP contribution in [0.2, 0.25) is 0 Å². The molecule has 0 radical (unpaired) electrons. The molecule has 0 aliphatic heterocycles. The molecule has 0 aliphatic carbocycles. The van der Waals surface area contributed by atoms with Crippen molar-refractivity contribution in [3.05, 3.63) is 0 Å². The Balaban J connectivity index is 3.41. The molecule has 0 fully saturated rings. The lowest BCUT2D eigenvalue weighted by Crippen LogP contribution is -2.19. The molecule has 122 valence electrons. The summed E-state index contributed by atoms with van der Waals surface area (Å²) in [7, 11) is -3.85. The van der Waals surface area contributed by atoms with E-state index in [2.05, 4.69) is 0 Å². The van der Waals surface area contributed by atoms with Crippen LogP contribution in [0.3, 0.4) is 0 Å². The van der Waals surface area contributed by atoms with Gasteiger partial charge in [0.2, 0.25) is 0 Å². The first-order valence-corrected chi connectivity index (χ1v) is 9.56. The predicted octanol–water partition coefficient (Wildman–Crippen LogP) is 3.93.